The number of anilines is 1. The molecule has 1 aromatic rings. The van der Waals surface area contributed by atoms with Crippen LogP contribution in [-0.2, 0) is 0 Å². The van der Waals surface area contributed by atoms with Gasteiger partial charge in [0.25, 0.3) is 0 Å². The summed E-state index contributed by atoms with van der Waals surface area (Å²) in [6, 6.07) is 1.95. The van der Waals surface area contributed by atoms with Crippen molar-refractivity contribution in [3.05, 3.63) is 23.0 Å². The van der Waals surface area contributed by atoms with Gasteiger partial charge >= 0.3 is 6.03 Å². The van der Waals surface area contributed by atoms with Gasteiger partial charge in [-0.1, -0.05) is 11.6 Å². The highest BCUT2D eigenvalue weighted by Gasteiger charge is 2.29. The van der Waals surface area contributed by atoms with E-state index in [4.69, 9.17) is 16.3 Å². The van der Waals surface area contributed by atoms with Crippen LogP contribution >= 0.6 is 11.6 Å². The zero-order valence-electron chi connectivity index (χ0n) is 12.3. The number of hydrazone groups is 1. The lowest BCUT2D eigenvalue weighted by Gasteiger charge is -2.31. The van der Waals surface area contributed by atoms with Crippen LogP contribution in [-0.4, -0.2) is 36.3 Å². The van der Waals surface area contributed by atoms with Gasteiger partial charge in [-0.15, -0.1) is 0 Å². The van der Waals surface area contributed by atoms with E-state index in [1.54, 1.807) is 13.3 Å². The van der Waals surface area contributed by atoms with E-state index in [1.165, 1.54) is 11.0 Å². The summed E-state index contributed by atoms with van der Waals surface area (Å²) in [5.41, 5.74) is 0.00931. The summed E-state index contributed by atoms with van der Waals surface area (Å²) in [5.74, 6) is -0.322. The monoisotopic (exact) mass is 313 g/mol. The van der Waals surface area contributed by atoms with Crippen molar-refractivity contribution in [2.45, 2.75) is 32.9 Å². The van der Waals surface area contributed by atoms with Crippen molar-refractivity contribution in [1.82, 2.24) is 4.90 Å². The molecular formula is C14H17ClFN3O2. The van der Waals surface area contributed by atoms with Crippen molar-refractivity contribution in [1.29, 1.82) is 0 Å². The van der Waals surface area contributed by atoms with Gasteiger partial charge in [-0.05, 0) is 26.8 Å². The van der Waals surface area contributed by atoms with E-state index < -0.39 is 11.8 Å². The Bertz CT molecular complexity index is 592. The molecule has 0 saturated heterocycles. The van der Waals surface area contributed by atoms with Gasteiger partial charge in [-0.25, -0.2) is 9.18 Å². The van der Waals surface area contributed by atoms with Gasteiger partial charge in [-0.2, -0.15) is 10.1 Å². The molecule has 0 saturated carbocycles. The average Bonchev–Trinajstić information content (AvgIpc) is 2.40. The number of ether oxygens (including phenoxy) is 1. The van der Waals surface area contributed by atoms with Gasteiger partial charge in [0.05, 0.1) is 17.2 Å². The molecule has 1 aromatic carbocycles. The van der Waals surface area contributed by atoms with E-state index in [2.05, 4.69) is 5.10 Å². The van der Waals surface area contributed by atoms with Crippen molar-refractivity contribution in [3.8, 4) is 5.75 Å². The Hall–Kier alpha value is -1.82. The Morgan fingerprint density at radius 1 is 1.43 bits per heavy atom. The van der Waals surface area contributed by atoms with E-state index in [9.17, 15) is 9.18 Å². The maximum atomic E-state index is 14.1. The third kappa shape index (κ3) is 3.10. The molecule has 5 nitrogen and oxygen atoms in total. The summed E-state index contributed by atoms with van der Waals surface area (Å²) in [4.78, 5) is 13.7. The minimum absolute atomic E-state index is 0.00931. The Labute approximate surface area is 127 Å². The van der Waals surface area contributed by atoms with Gasteiger partial charge in [0.1, 0.15) is 11.4 Å². The lowest BCUT2D eigenvalue weighted by molar-refractivity contribution is 0.209. The first-order valence-electron chi connectivity index (χ1n) is 6.58. The Morgan fingerprint density at radius 2 is 2.10 bits per heavy atom. The number of hydrogen-bond donors (Lipinski definition) is 0. The van der Waals surface area contributed by atoms with E-state index in [-0.39, 0.29) is 22.9 Å². The molecule has 2 amide bonds. The number of carbonyl (C=O) groups is 1. The molecule has 0 aliphatic carbocycles. The van der Waals surface area contributed by atoms with Crippen molar-refractivity contribution >= 4 is 29.5 Å². The fourth-order valence-corrected chi connectivity index (χ4v) is 2.02. The molecule has 1 atom stereocenters. The van der Waals surface area contributed by atoms with E-state index in [1.807, 2.05) is 20.8 Å². The molecule has 1 aliphatic heterocycles. The predicted molar refractivity (Wildman–Crippen MR) is 80.8 cm³/mol. The molecule has 2 rings (SSSR count). The van der Waals surface area contributed by atoms with E-state index in [0.29, 0.717) is 5.75 Å². The van der Waals surface area contributed by atoms with Crippen LogP contribution in [0, 0.1) is 5.82 Å². The van der Waals surface area contributed by atoms with Crippen LogP contribution in [0.1, 0.15) is 20.8 Å². The standard InChI is InChI=1S/C14H17ClFN3O2/c1-8(2)21-13-6-12(11(16)5-10(13)15)19-14(20)18(4)9(3)7-17-19/h5-9H,1-4H3. The van der Waals surface area contributed by atoms with Crippen LogP contribution in [0.5, 0.6) is 5.75 Å². The van der Waals surface area contributed by atoms with Crippen LogP contribution in [0.2, 0.25) is 5.02 Å². The number of benzene rings is 1. The molecular weight excluding hydrogens is 297 g/mol. The summed E-state index contributed by atoms with van der Waals surface area (Å²) < 4.78 is 19.6. The number of urea groups is 1. The molecule has 0 spiro atoms. The molecule has 114 valence electrons. The third-order valence-electron chi connectivity index (χ3n) is 3.08. The Balaban J connectivity index is 2.44. The molecule has 0 bridgehead atoms. The second-order valence-electron chi connectivity index (χ2n) is 5.11. The number of nitrogens with zero attached hydrogens (tertiary/aromatic N) is 3. The largest absolute Gasteiger partial charge is 0.489 e. The number of amides is 2. The van der Waals surface area contributed by atoms with E-state index in [0.717, 1.165) is 11.1 Å². The van der Waals surface area contributed by atoms with Crippen LogP contribution in [0.25, 0.3) is 0 Å². The molecule has 0 N–H and O–H groups in total. The van der Waals surface area contributed by atoms with E-state index >= 15 is 0 Å². The van der Waals surface area contributed by atoms with Gasteiger partial charge in [0.2, 0.25) is 0 Å². The number of hydrogen-bond acceptors (Lipinski definition) is 3. The second-order valence-corrected chi connectivity index (χ2v) is 5.52. The van der Waals surface area contributed by atoms with Crippen molar-refractivity contribution in [2.75, 3.05) is 12.1 Å². The molecule has 21 heavy (non-hydrogen) atoms. The van der Waals surface area contributed by atoms with Crippen LogP contribution in [0.3, 0.4) is 0 Å². The summed E-state index contributed by atoms with van der Waals surface area (Å²) in [5, 5.41) is 5.15. The number of rotatable bonds is 3. The maximum Gasteiger partial charge on any atom is 0.345 e. The quantitative estimate of drug-likeness (QED) is 0.857. The predicted octanol–water partition coefficient (Wildman–Crippen LogP) is 3.51. The van der Waals surface area contributed by atoms with Gasteiger partial charge in [0, 0.05) is 19.3 Å². The van der Waals surface area contributed by atoms with Crippen molar-refractivity contribution < 1.29 is 13.9 Å². The number of halogens is 2. The lowest BCUT2D eigenvalue weighted by atomic mass is 10.2. The van der Waals surface area contributed by atoms with Crippen LogP contribution in [0.15, 0.2) is 17.2 Å². The molecule has 0 aromatic heterocycles. The van der Waals surface area contributed by atoms with Crippen molar-refractivity contribution in [3.63, 3.8) is 0 Å². The average molecular weight is 314 g/mol. The third-order valence-corrected chi connectivity index (χ3v) is 3.38. The van der Waals surface area contributed by atoms with Gasteiger partial charge < -0.3 is 9.64 Å². The minimum Gasteiger partial charge on any atom is -0.489 e. The van der Waals surface area contributed by atoms with Crippen molar-refractivity contribution in [2.24, 2.45) is 5.10 Å². The number of carbonyl (C=O) groups excluding carboxylic acids is 1. The summed E-state index contributed by atoms with van der Waals surface area (Å²) in [7, 11) is 1.63. The lowest BCUT2D eigenvalue weighted by Crippen LogP contribution is -2.48. The zero-order chi connectivity index (χ0) is 15.7. The molecule has 0 radical (unpaired) electrons. The first-order valence-corrected chi connectivity index (χ1v) is 6.95. The van der Waals surface area contributed by atoms with Gasteiger partial charge in [-0.3, -0.25) is 0 Å². The zero-order valence-corrected chi connectivity index (χ0v) is 13.1. The normalized spacial score (nSPS) is 18.6. The Kier molecular flexibility index (Phi) is 4.37. The highest BCUT2D eigenvalue weighted by Crippen LogP contribution is 2.34. The molecule has 1 unspecified atom stereocenters. The van der Waals surface area contributed by atoms with Crippen LogP contribution < -0.4 is 9.75 Å². The summed E-state index contributed by atoms with van der Waals surface area (Å²) in [6.45, 7) is 5.49. The highest BCUT2D eigenvalue weighted by molar-refractivity contribution is 6.32. The van der Waals surface area contributed by atoms with Gasteiger partial charge in [0.15, 0.2) is 5.82 Å². The fraction of sp³-hybridized carbons (Fsp3) is 0.429. The Morgan fingerprint density at radius 3 is 2.71 bits per heavy atom. The SMILES string of the molecule is CC(C)Oc1cc(N2N=CC(C)N(C)C2=O)c(F)cc1Cl. The summed E-state index contributed by atoms with van der Waals surface area (Å²) >= 11 is 5.96. The smallest absolute Gasteiger partial charge is 0.345 e. The molecule has 7 heteroatoms. The topological polar surface area (TPSA) is 45.1 Å². The molecule has 0 fully saturated rings. The van der Waals surface area contributed by atoms with Crippen LogP contribution in [0.4, 0.5) is 14.9 Å². The molecule has 1 heterocycles. The maximum absolute atomic E-state index is 14.1. The fourth-order valence-electron chi connectivity index (χ4n) is 1.83. The first-order chi connectivity index (χ1) is 9.81. The first kappa shape index (κ1) is 15.6. The summed E-state index contributed by atoms with van der Waals surface area (Å²) in [6.07, 6.45) is 1.45. The minimum atomic E-state index is -0.635. The molecule has 1 aliphatic rings. The second kappa shape index (κ2) is 5.89. The highest BCUT2D eigenvalue weighted by atomic mass is 35.5.